The fourth-order valence-electron chi connectivity index (χ4n) is 5.78. The Bertz CT molecular complexity index is 1280. The van der Waals surface area contributed by atoms with Crippen LogP contribution in [-0.2, 0) is 12.1 Å². The molecule has 0 aliphatic carbocycles. The number of amides is 2. The van der Waals surface area contributed by atoms with Gasteiger partial charge in [-0.3, -0.25) is 0 Å². The van der Waals surface area contributed by atoms with Crippen molar-refractivity contribution in [2.75, 3.05) is 38.5 Å². The van der Waals surface area contributed by atoms with Gasteiger partial charge in [0.15, 0.2) is 0 Å². The van der Waals surface area contributed by atoms with Crippen molar-refractivity contribution in [1.29, 1.82) is 0 Å². The number of benzene rings is 3. The van der Waals surface area contributed by atoms with Crippen LogP contribution in [0, 0.1) is 29.3 Å². The molecule has 0 saturated carbocycles. The monoisotopic (exact) mass is 510 g/mol. The Morgan fingerprint density at radius 1 is 1.00 bits per heavy atom. The molecule has 3 aromatic carbocycles. The second kappa shape index (κ2) is 9.81. The lowest BCUT2D eigenvalue weighted by molar-refractivity contribution is -0.153. The summed E-state index contributed by atoms with van der Waals surface area (Å²) in [6.07, 6.45) is 0. The number of fused-ring (bicyclic) bond motifs is 2. The Morgan fingerprint density at radius 3 is 2.22 bits per heavy atom. The van der Waals surface area contributed by atoms with Gasteiger partial charge in [0, 0.05) is 67.4 Å². The van der Waals surface area contributed by atoms with E-state index in [0.29, 0.717) is 35.3 Å². The van der Waals surface area contributed by atoms with Crippen molar-refractivity contribution in [1.82, 2.24) is 9.80 Å². The molecule has 6 nitrogen and oxygen atoms in total. The molecule has 3 atom stereocenters. The van der Waals surface area contributed by atoms with E-state index in [9.17, 15) is 23.1 Å². The lowest BCUT2D eigenvalue weighted by atomic mass is 9.66. The van der Waals surface area contributed by atoms with Crippen molar-refractivity contribution in [3.63, 3.8) is 0 Å². The third-order valence-corrected chi connectivity index (χ3v) is 7.55. The molecule has 0 aromatic heterocycles. The molecular weight excluding hydrogens is 481 g/mol. The zero-order chi connectivity index (χ0) is 26.3. The predicted octanol–water partition coefficient (Wildman–Crippen LogP) is 4.14. The Balaban J connectivity index is 1.39. The van der Waals surface area contributed by atoms with Crippen molar-refractivity contribution < 1.29 is 23.1 Å². The summed E-state index contributed by atoms with van der Waals surface area (Å²) < 4.78 is 42.0. The van der Waals surface area contributed by atoms with Crippen LogP contribution in [0.3, 0.4) is 0 Å². The van der Waals surface area contributed by atoms with Crippen molar-refractivity contribution in [3.05, 3.63) is 89.2 Å². The van der Waals surface area contributed by atoms with E-state index >= 15 is 0 Å². The smallest absolute Gasteiger partial charge is 0.321 e. The highest BCUT2D eigenvalue weighted by Gasteiger charge is 2.53. The van der Waals surface area contributed by atoms with Gasteiger partial charge < -0.3 is 26.0 Å². The average Bonchev–Trinajstić information content (AvgIpc) is 2.84. The average molecular weight is 511 g/mol. The first-order chi connectivity index (χ1) is 17.7. The summed E-state index contributed by atoms with van der Waals surface area (Å²) in [7, 11) is 1.97. The first kappa shape index (κ1) is 25.3. The van der Waals surface area contributed by atoms with Gasteiger partial charge >= 0.3 is 6.03 Å². The van der Waals surface area contributed by atoms with Crippen LogP contribution in [0.1, 0.15) is 11.1 Å². The number of likely N-dealkylation sites (tertiary alicyclic amines) is 2. The zero-order valence-electron chi connectivity index (χ0n) is 20.4. The number of piperidine rings is 2. The maximum Gasteiger partial charge on any atom is 0.321 e. The third kappa shape index (κ3) is 4.70. The molecule has 9 heteroatoms. The van der Waals surface area contributed by atoms with E-state index < -0.39 is 23.3 Å². The molecule has 0 radical (unpaired) electrons. The van der Waals surface area contributed by atoms with E-state index in [-0.39, 0.29) is 43.0 Å². The van der Waals surface area contributed by atoms with E-state index in [2.05, 4.69) is 10.2 Å². The summed E-state index contributed by atoms with van der Waals surface area (Å²) in [6.45, 7) is 1.74. The predicted molar refractivity (Wildman–Crippen MR) is 135 cm³/mol. The second-order valence-corrected chi connectivity index (χ2v) is 9.99. The molecule has 2 bridgehead atoms. The Labute approximate surface area is 213 Å². The molecule has 0 spiro atoms. The minimum Gasteiger partial charge on any atom is -0.384 e. The van der Waals surface area contributed by atoms with Crippen molar-refractivity contribution in [2.45, 2.75) is 12.1 Å². The molecule has 3 aromatic rings. The van der Waals surface area contributed by atoms with Gasteiger partial charge in [-0.15, -0.1) is 0 Å². The van der Waals surface area contributed by atoms with Gasteiger partial charge in [0.2, 0.25) is 0 Å². The number of halogens is 3. The molecule has 0 unspecified atom stereocenters. The molecule has 2 aliphatic rings. The molecule has 2 fully saturated rings. The van der Waals surface area contributed by atoms with Crippen LogP contribution in [0.2, 0.25) is 0 Å². The van der Waals surface area contributed by atoms with E-state index in [0.717, 1.165) is 18.2 Å². The molecule has 2 heterocycles. The summed E-state index contributed by atoms with van der Waals surface area (Å²) in [5.41, 5.74) is 6.76. The van der Waals surface area contributed by atoms with E-state index in [1.165, 1.54) is 0 Å². The topological polar surface area (TPSA) is 81.8 Å². The Kier molecular flexibility index (Phi) is 6.70. The third-order valence-electron chi connectivity index (χ3n) is 7.55. The number of nitrogens with zero attached hydrogens (tertiary/aromatic N) is 2. The highest BCUT2D eigenvalue weighted by atomic mass is 19.1. The highest BCUT2D eigenvalue weighted by molar-refractivity contribution is 5.89. The summed E-state index contributed by atoms with van der Waals surface area (Å²) in [4.78, 5) is 16.7. The molecule has 4 N–H and O–H groups in total. The van der Waals surface area contributed by atoms with Crippen LogP contribution in [0.5, 0.6) is 0 Å². The number of anilines is 1. The van der Waals surface area contributed by atoms with Gasteiger partial charge in [-0.2, -0.15) is 0 Å². The first-order valence-corrected chi connectivity index (χ1v) is 12.2. The second-order valence-electron chi connectivity index (χ2n) is 9.99. The largest absolute Gasteiger partial charge is 0.384 e. The van der Waals surface area contributed by atoms with Gasteiger partial charge in [0.25, 0.3) is 0 Å². The standard InChI is InChI=1S/C28H29F3N4O2/c1-34-13-20-15-35(27(36)33-24-10-22(29)9-23(30)11-24)16-21(14-34)28(20,37)19-7-5-17(6-8-19)25-4-2-3-18(12-32)26(25)31/h2-11,20-21,37H,12-16,32H2,1H3,(H,33,36)/t20-,21+,28+. The molecule has 2 saturated heterocycles. The van der Waals surface area contributed by atoms with Crippen molar-refractivity contribution in [3.8, 4) is 11.1 Å². The quantitative estimate of drug-likeness (QED) is 0.493. The number of carbonyl (C=O) groups is 1. The normalized spacial score (nSPS) is 23.7. The lowest BCUT2D eigenvalue weighted by Gasteiger charge is -2.55. The zero-order valence-corrected chi connectivity index (χ0v) is 20.4. The number of hydrogen-bond acceptors (Lipinski definition) is 4. The first-order valence-electron chi connectivity index (χ1n) is 12.2. The number of urea groups is 1. The summed E-state index contributed by atoms with van der Waals surface area (Å²) in [5, 5.41) is 14.6. The molecule has 194 valence electrons. The van der Waals surface area contributed by atoms with Crippen molar-refractivity contribution >= 4 is 11.7 Å². The van der Waals surface area contributed by atoms with Crippen molar-refractivity contribution in [2.24, 2.45) is 17.6 Å². The number of rotatable bonds is 4. The molecular formula is C28H29F3N4O2. The fraction of sp³-hybridized carbons (Fsp3) is 0.321. The van der Waals surface area contributed by atoms with E-state index in [4.69, 9.17) is 5.73 Å². The molecule has 37 heavy (non-hydrogen) atoms. The van der Waals surface area contributed by atoms with E-state index in [1.54, 1.807) is 35.2 Å². The number of carbonyl (C=O) groups excluding carboxylic acids is 1. The van der Waals surface area contributed by atoms with Gasteiger partial charge in [-0.1, -0.05) is 42.5 Å². The maximum atomic E-state index is 14.8. The van der Waals surface area contributed by atoms with Gasteiger partial charge in [-0.25, -0.2) is 18.0 Å². The van der Waals surface area contributed by atoms with Crippen LogP contribution >= 0.6 is 0 Å². The SMILES string of the molecule is CN1C[C@@H]2CN(C(=O)Nc3cc(F)cc(F)c3)C[C@H](C1)[C@]2(O)c1ccc(-c2cccc(CN)c2F)cc1. The minimum absolute atomic E-state index is 0.0344. The summed E-state index contributed by atoms with van der Waals surface area (Å²) >= 11 is 0. The molecule has 5 rings (SSSR count). The molecule has 2 amide bonds. The van der Waals surface area contributed by atoms with Gasteiger partial charge in [-0.05, 0) is 30.3 Å². The lowest BCUT2D eigenvalue weighted by Crippen LogP contribution is -2.65. The minimum atomic E-state index is -1.19. The number of aliphatic hydroxyl groups is 1. The Morgan fingerprint density at radius 2 is 1.62 bits per heavy atom. The number of nitrogens with two attached hydrogens (primary N) is 1. The van der Waals surface area contributed by atoms with Crippen LogP contribution < -0.4 is 11.1 Å². The van der Waals surface area contributed by atoms with Crippen LogP contribution in [0.4, 0.5) is 23.7 Å². The number of hydrogen-bond donors (Lipinski definition) is 3. The van der Waals surface area contributed by atoms with Gasteiger partial charge in [0.1, 0.15) is 23.1 Å². The van der Waals surface area contributed by atoms with Crippen LogP contribution in [-0.4, -0.2) is 54.2 Å². The summed E-state index contributed by atoms with van der Waals surface area (Å²) in [6, 6.07) is 14.7. The number of nitrogens with one attached hydrogen (secondary N) is 1. The van der Waals surface area contributed by atoms with Crippen LogP contribution in [0.15, 0.2) is 60.7 Å². The fourth-order valence-corrected chi connectivity index (χ4v) is 5.78. The highest BCUT2D eigenvalue weighted by Crippen LogP contribution is 2.45. The van der Waals surface area contributed by atoms with E-state index in [1.807, 2.05) is 19.2 Å². The summed E-state index contributed by atoms with van der Waals surface area (Å²) in [5.74, 6) is -2.52. The van der Waals surface area contributed by atoms with Crippen LogP contribution in [0.25, 0.3) is 11.1 Å². The maximum absolute atomic E-state index is 14.8. The van der Waals surface area contributed by atoms with Gasteiger partial charge in [0.05, 0.1) is 0 Å². The molecule has 2 aliphatic heterocycles. The Hall–Kier alpha value is -3.40.